The fourth-order valence-corrected chi connectivity index (χ4v) is 2.46. The number of nitrogens with one attached hydrogen (secondary N) is 1. The summed E-state index contributed by atoms with van der Waals surface area (Å²) in [6.07, 6.45) is 4.17. The lowest BCUT2D eigenvalue weighted by Gasteiger charge is -2.03. The summed E-state index contributed by atoms with van der Waals surface area (Å²) in [5.41, 5.74) is 1.72. The van der Waals surface area contributed by atoms with Crippen molar-refractivity contribution in [2.75, 3.05) is 13.2 Å². The maximum Gasteiger partial charge on any atom is 0.252 e. The quantitative estimate of drug-likeness (QED) is 0.821. The molecule has 0 spiro atoms. The van der Waals surface area contributed by atoms with Gasteiger partial charge in [-0.05, 0) is 18.6 Å². The number of amides is 1. The van der Waals surface area contributed by atoms with Gasteiger partial charge in [-0.1, -0.05) is 11.8 Å². The van der Waals surface area contributed by atoms with Gasteiger partial charge in [-0.2, -0.15) is 5.10 Å². The van der Waals surface area contributed by atoms with Crippen molar-refractivity contribution >= 4 is 17.2 Å². The summed E-state index contributed by atoms with van der Waals surface area (Å²) in [5.74, 6) is 5.65. The first-order valence-electron chi connectivity index (χ1n) is 6.64. The third-order valence-electron chi connectivity index (χ3n) is 2.70. The zero-order chi connectivity index (χ0) is 15.1. The van der Waals surface area contributed by atoms with E-state index >= 15 is 0 Å². The fourth-order valence-electron chi connectivity index (χ4n) is 1.70. The van der Waals surface area contributed by atoms with Crippen LogP contribution in [0.1, 0.15) is 27.2 Å². The monoisotopic (exact) mass is 303 g/mol. The van der Waals surface area contributed by atoms with Gasteiger partial charge >= 0.3 is 0 Å². The van der Waals surface area contributed by atoms with Gasteiger partial charge in [-0.25, -0.2) is 0 Å². The zero-order valence-corrected chi connectivity index (χ0v) is 12.6. The average molecular weight is 303 g/mol. The predicted molar refractivity (Wildman–Crippen MR) is 82.2 cm³/mol. The van der Waals surface area contributed by atoms with Crippen molar-refractivity contribution in [3.05, 3.63) is 39.8 Å². The van der Waals surface area contributed by atoms with Crippen molar-refractivity contribution in [1.29, 1.82) is 0 Å². The van der Waals surface area contributed by atoms with Crippen LogP contribution in [0.4, 0.5) is 0 Å². The molecule has 0 bridgehead atoms. The molecule has 0 aliphatic carbocycles. The maximum atomic E-state index is 12.0. The SMILES string of the molecule is Cc1cnn(CCNC(=O)c2csc(C#CCCO)c2)c1. The Bertz CT molecular complexity index is 664. The van der Waals surface area contributed by atoms with Crippen LogP contribution in [-0.4, -0.2) is 33.9 Å². The van der Waals surface area contributed by atoms with Crippen LogP contribution in [0, 0.1) is 18.8 Å². The molecule has 0 radical (unpaired) electrons. The number of carbonyl (C=O) groups is 1. The summed E-state index contributed by atoms with van der Waals surface area (Å²) in [6, 6.07) is 1.77. The highest BCUT2D eigenvalue weighted by molar-refractivity contribution is 7.10. The molecule has 2 heterocycles. The average Bonchev–Trinajstić information content (AvgIpc) is 3.08. The molecule has 2 aromatic heterocycles. The van der Waals surface area contributed by atoms with Gasteiger partial charge in [-0.3, -0.25) is 9.48 Å². The zero-order valence-electron chi connectivity index (χ0n) is 11.8. The standard InChI is InChI=1S/C15H17N3O2S/c1-12-9-17-18(10-12)6-5-16-15(20)13-8-14(21-11-13)4-2-3-7-19/h8-11,19H,3,5-7H2,1H3,(H,16,20). The highest BCUT2D eigenvalue weighted by atomic mass is 32.1. The molecule has 0 aromatic carbocycles. The van der Waals surface area contributed by atoms with E-state index in [1.54, 1.807) is 22.3 Å². The third-order valence-corrected chi connectivity index (χ3v) is 3.54. The summed E-state index contributed by atoms with van der Waals surface area (Å²) in [7, 11) is 0. The highest BCUT2D eigenvalue weighted by Gasteiger charge is 2.07. The number of rotatable bonds is 5. The molecular formula is C15H17N3O2S. The summed E-state index contributed by atoms with van der Waals surface area (Å²) in [6.45, 7) is 3.21. The van der Waals surface area contributed by atoms with Crippen LogP contribution in [0.15, 0.2) is 23.8 Å². The molecule has 2 rings (SSSR count). The lowest BCUT2D eigenvalue weighted by molar-refractivity contribution is 0.0952. The minimum Gasteiger partial charge on any atom is -0.395 e. The molecule has 0 saturated carbocycles. The highest BCUT2D eigenvalue weighted by Crippen LogP contribution is 2.13. The number of thiophene rings is 1. The molecule has 0 saturated heterocycles. The predicted octanol–water partition coefficient (Wildman–Crippen LogP) is 1.42. The van der Waals surface area contributed by atoms with Gasteiger partial charge in [0, 0.05) is 24.5 Å². The van der Waals surface area contributed by atoms with Crippen molar-refractivity contribution in [2.45, 2.75) is 19.9 Å². The molecule has 0 aliphatic rings. The van der Waals surface area contributed by atoms with E-state index < -0.39 is 0 Å². The third kappa shape index (κ3) is 4.74. The number of carbonyl (C=O) groups excluding carboxylic acids is 1. The van der Waals surface area contributed by atoms with E-state index in [4.69, 9.17) is 5.11 Å². The van der Waals surface area contributed by atoms with E-state index in [2.05, 4.69) is 22.3 Å². The van der Waals surface area contributed by atoms with Crippen LogP contribution in [0.3, 0.4) is 0 Å². The van der Waals surface area contributed by atoms with E-state index in [-0.39, 0.29) is 12.5 Å². The lowest BCUT2D eigenvalue weighted by atomic mass is 10.3. The van der Waals surface area contributed by atoms with Crippen LogP contribution in [-0.2, 0) is 6.54 Å². The summed E-state index contributed by atoms with van der Waals surface area (Å²) >= 11 is 1.43. The van der Waals surface area contributed by atoms with Crippen molar-refractivity contribution in [3.63, 3.8) is 0 Å². The van der Waals surface area contributed by atoms with Gasteiger partial charge in [0.15, 0.2) is 0 Å². The lowest BCUT2D eigenvalue weighted by Crippen LogP contribution is -2.26. The minimum atomic E-state index is -0.106. The largest absolute Gasteiger partial charge is 0.395 e. The van der Waals surface area contributed by atoms with E-state index in [9.17, 15) is 4.79 Å². The van der Waals surface area contributed by atoms with Crippen molar-refractivity contribution in [3.8, 4) is 11.8 Å². The van der Waals surface area contributed by atoms with Gasteiger partial charge in [0.2, 0.25) is 0 Å². The molecule has 0 atom stereocenters. The number of hydrogen-bond donors (Lipinski definition) is 2. The van der Waals surface area contributed by atoms with E-state index in [0.29, 0.717) is 25.1 Å². The Labute approximate surface area is 127 Å². The van der Waals surface area contributed by atoms with Gasteiger partial charge in [0.1, 0.15) is 0 Å². The second-order valence-electron chi connectivity index (χ2n) is 4.51. The Kier molecular flexibility index (Phi) is 5.55. The van der Waals surface area contributed by atoms with Gasteiger partial charge in [0.05, 0.1) is 29.8 Å². The number of aliphatic hydroxyl groups is 1. The van der Waals surface area contributed by atoms with E-state index in [1.807, 2.05) is 13.1 Å². The number of nitrogens with zero attached hydrogens (tertiary/aromatic N) is 2. The van der Waals surface area contributed by atoms with Gasteiger partial charge in [0.25, 0.3) is 5.91 Å². The van der Waals surface area contributed by atoms with E-state index in [1.165, 1.54) is 11.3 Å². The number of aryl methyl sites for hydroxylation is 1. The minimum absolute atomic E-state index is 0.0542. The Morgan fingerprint density at radius 2 is 2.43 bits per heavy atom. The van der Waals surface area contributed by atoms with Crippen LogP contribution in [0.2, 0.25) is 0 Å². The van der Waals surface area contributed by atoms with Crippen LogP contribution in [0.5, 0.6) is 0 Å². The summed E-state index contributed by atoms with van der Waals surface area (Å²) in [5, 5.41) is 17.5. The topological polar surface area (TPSA) is 67.2 Å². The second kappa shape index (κ2) is 7.62. The Hall–Kier alpha value is -2.10. The van der Waals surface area contributed by atoms with Crippen molar-refractivity contribution in [2.24, 2.45) is 0 Å². The molecule has 0 fully saturated rings. The van der Waals surface area contributed by atoms with Crippen molar-refractivity contribution < 1.29 is 9.90 Å². The molecule has 5 nitrogen and oxygen atoms in total. The van der Waals surface area contributed by atoms with Crippen molar-refractivity contribution in [1.82, 2.24) is 15.1 Å². The normalized spacial score (nSPS) is 10.0. The smallest absolute Gasteiger partial charge is 0.252 e. The first-order valence-corrected chi connectivity index (χ1v) is 7.52. The molecule has 110 valence electrons. The molecule has 2 aromatic rings. The molecule has 0 aliphatic heterocycles. The molecule has 1 amide bonds. The van der Waals surface area contributed by atoms with Crippen LogP contribution in [0.25, 0.3) is 0 Å². The van der Waals surface area contributed by atoms with Crippen LogP contribution >= 0.6 is 11.3 Å². The number of aromatic nitrogens is 2. The van der Waals surface area contributed by atoms with Gasteiger partial charge in [-0.15, -0.1) is 11.3 Å². The molecular weight excluding hydrogens is 286 g/mol. The Balaban J connectivity index is 1.82. The maximum absolute atomic E-state index is 12.0. The molecule has 6 heteroatoms. The first kappa shape index (κ1) is 15.3. The Morgan fingerprint density at radius 3 is 3.14 bits per heavy atom. The van der Waals surface area contributed by atoms with Gasteiger partial charge < -0.3 is 10.4 Å². The van der Waals surface area contributed by atoms with E-state index in [0.717, 1.165) is 10.4 Å². The van der Waals surface area contributed by atoms with Crippen LogP contribution < -0.4 is 5.32 Å². The second-order valence-corrected chi connectivity index (χ2v) is 5.42. The summed E-state index contributed by atoms with van der Waals surface area (Å²) < 4.78 is 1.80. The molecule has 0 unspecified atom stereocenters. The summed E-state index contributed by atoms with van der Waals surface area (Å²) in [4.78, 5) is 12.8. The number of hydrogen-bond acceptors (Lipinski definition) is 4. The fraction of sp³-hybridized carbons (Fsp3) is 0.333. The first-order chi connectivity index (χ1) is 10.2. The molecule has 2 N–H and O–H groups in total. The molecule has 21 heavy (non-hydrogen) atoms. The number of aliphatic hydroxyl groups excluding tert-OH is 1. The Morgan fingerprint density at radius 1 is 1.57 bits per heavy atom.